The van der Waals surface area contributed by atoms with E-state index in [9.17, 15) is 0 Å². The van der Waals surface area contributed by atoms with E-state index in [0.717, 1.165) is 52.7 Å². The maximum absolute atomic E-state index is 5.96. The second-order valence-corrected chi connectivity index (χ2v) is 8.20. The predicted octanol–water partition coefficient (Wildman–Crippen LogP) is 8.64. The standard InChI is InChI=1S/C29H31N3O.C2H6/c1-2-3-4-5-6-11-20-33-25-16-14-23(15-17-25)24-21-28(26-12-7-9-18-30-26)32-29(22-24)27-13-8-10-19-31-27;1-2/h7-10,12-19,21-22H,2-6,11,20H2,1H3;1-2H3. The van der Waals surface area contributed by atoms with Gasteiger partial charge in [-0.05, 0) is 66.1 Å². The number of pyridine rings is 3. The van der Waals surface area contributed by atoms with Crippen molar-refractivity contribution < 1.29 is 4.74 Å². The summed E-state index contributed by atoms with van der Waals surface area (Å²) in [5.74, 6) is 0.913. The van der Waals surface area contributed by atoms with E-state index in [2.05, 4.69) is 41.2 Å². The summed E-state index contributed by atoms with van der Waals surface area (Å²) in [7, 11) is 0. The Morgan fingerprint density at radius 2 is 1.17 bits per heavy atom. The molecule has 0 spiro atoms. The molecule has 0 atom stereocenters. The monoisotopic (exact) mass is 467 g/mol. The van der Waals surface area contributed by atoms with Gasteiger partial charge in [0.1, 0.15) is 5.75 Å². The number of hydrogen-bond acceptors (Lipinski definition) is 4. The van der Waals surface area contributed by atoms with Crippen LogP contribution in [-0.4, -0.2) is 21.6 Å². The van der Waals surface area contributed by atoms with Crippen molar-refractivity contribution in [1.82, 2.24) is 15.0 Å². The zero-order chi connectivity index (χ0) is 24.7. The van der Waals surface area contributed by atoms with Crippen molar-refractivity contribution in [2.75, 3.05) is 6.61 Å². The summed E-state index contributed by atoms with van der Waals surface area (Å²) in [6.45, 7) is 7.02. The second-order valence-electron chi connectivity index (χ2n) is 8.20. The van der Waals surface area contributed by atoms with E-state index in [4.69, 9.17) is 9.72 Å². The number of benzene rings is 1. The molecule has 0 fully saturated rings. The van der Waals surface area contributed by atoms with Crippen molar-refractivity contribution in [2.45, 2.75) is 59.3 Å². The van der Waals surface area contributed by atoms with Crippen LogP contribution >= 0.6 is 0 Å². The van der Waals surface area contributed by atoms with Crippen molar-refractivity contribution >= 4 is 0 Å². The van der Waals surface area contributed by atoms with Gasteiger partial charge in [-0.3, -0.25) is 9.97 Å². The Kier molecular flexibility index (Phi) is 10.9. The van der Waals surface area contributed by atoms with Gasteiger partial charge in [0, 0.05) is 12.4 Å². The van der Waals surface area contributed by atoms with Gasteiger partial charge >= 0.3 is 0 Å². The number of nitrogens with zero attached hydrogens (tertiary/aromatic N) is 3. The molecule has 4 aromatic rings. The number of unbranched alkanes of at least 4 members (excludes halogenated alkanes) is 5. The first-order chi connectivity index (χ1) is 17.3. The van der Waals surface area contributed by atoms with Gasteiger partial charge in [-0.1, -0.05) is 77.1 Å². The van der Waals surface area contributed by atoms with E-state index < -0.39 is 0 Å². The zero-order valence-electron chi connectivity index (χ0n) is 21.3. The van der Waals surface area contributed by atoms with Crippen LogP contribution in [0.2, 0.25) is 0 Å². The third kappa shape index (κ3) is 8.03. The molecule has 0 radical (unpaired) electrons. The molecular formula is C31H37N3O. The number of ether oxygens (including phenoxy) is 1. The summed E-state index contributed by atoms with van der Waals surface area (Å²) in [5.41, 5.74) is 5.53. The van der Waals surface area contributed by atoms with Gasteiger partial charge in [-0.15, -0.1) is 0 Å². The zero-order valence-corrected chi connectivity index (χ0v) is 21.3. The highest BCUT2D eigenvalue weighted by atomic mass is 16.5. The fourth-order valence-electron chi connectivity index (χ4n) is 3.80. The molecular weight excluding hydrogens is 430 g/mol. The molecule has 3 aromatic heterocycles. The molecule has 4 heteroatoms. The van der Waals surface area contributed by atoms with Crippen LogP contribution in [0.4, 0.5) is 0 Å². The maximum Gasteiger partial charge on any atom is 0.119 e. The third-order valence-electron chi connectivity index (χ3n) is 5.63. The van der Waals surface area contributed by atoms with Crippen molar-refractivity contribution in [3.05, 3.63) is 85.2 Å². The van der Waals surface area contributed by atoms with Crippen LogP contribution in [0.1, 0.15) is 59.3 Å². The highest BCUT2D eigenvalue weighted by Gasteiger charge is 2.10. The van der Waals surface area contributed by atoms with Crippen LogP contribution in [0.3, 0.4) is 0 Å². The van der Waals surface area contributed by atoms with Crippen LogP contribution in [0.5, 0.6) is 5.75 Å². The Labute approximate surface area is 210 Å². The summed E-state index contributed by atoms with van der Waals surface area (Å²) in [5, 5.41) is 0. The lowest BCUT2D eigenvalue weighted by Gasteiger charge is -2.10. The number of rotatable bonds is 11. The summed E-state index contributed by atoms with van der Waals surface area (Å²) in [4.78, 5) is 13.8. The molecule has 182 valence electrons. The largest absolute Gasteiger partial charge is 0.494 e. The minimum Gasteiger partial charge on any atom is -0.494 e. The molecule has 0 unspecified atom stereocenters. The van der Waals surface area contributed by atoms with Gasteiger partial charge in [-0.25, -0.2) is 4.98 Å². The average molecular weight is 468 g/mol. The molecule has 0 saturated heterocycles. The van der Waals surface area contributed by atoms with Gasteiger partial charge < -0.3 is 4.74 Å². The van der Waals surface area contributed by atoms with Crippen molar-refractivity contribution in [3.63, 3.8) is 0 Å². The first-order valence-corrected chi connectivity index (χ1v) is 12.9. The third-order valence-corrected chi connectivity index (χ3v) is 5.63. The molecule has 0 aliphatic rings. The maximum atomic E-state index is 5.96. The van der Waals surface area contributed by atoms with Gasteiger partial charge in [0.2, 0.25) is 0 Å². The van der Waals surface area contributed by atoms with Crippen LogP contribution in [-0.2, 0) is 0 Å². The molecule has 0 bridgehead atoms. The predicted molar refractivity (Wildman–Crippen MR) is 146 cm³/mol. The minimum atomic E-state index is 0.772. The molecule has 1 aromatic carbocycles. The van der Waals surface area contributed by atoms with Gasteiger partial charge in [-0.2, -0.15) is 0 Å². The average Bonchev–Trinajstić information content (AvgIpc) is 2.95. The lowest BCUT2D eigenvalue weighted by molar-refractivity contribution is 0.304. The Morgan fingerprint density at radius 3 is 1.71 bits per heavy atom. The SMILES string of the molecule is CC.CCCCCCCCOc1ccc(-c2cc(-c3ccccn3)nc(-c3ccccn3)c2)cc1. The van der Waals surface area contributed by atoms with E-state index in [-0.39, 0.29) is 0 Å². The van der Waals surface area contributed by atoms with E-state index in [0.29, 0.717) is 0 Å². The molecule has 0 aliphatic carbocycles. The quantitative estimate of drug-likeness (QED) is 0.207. The van der Waals surface area contributed by atoms with E-state index in [1.807, 2.05) is 62.4 Å². The topological polar surface area (TPSA) is 47.9 Å². The number of hydrogen-bond donors (Lipinski definition) is 0. The molecule has 3 heterocycles. The fraction of sp³-hybridized carbons (Fsp3) is 0.323. The molecule has 0 aliphatic heterocycles. The van der Waals surface area contributed by atoms with Crippen molar-refractivity contribution in [1.29, 1.82) is 0 Å². The number of aromatic nitrogens is 3. The Bertz CT molecular complexity index is 1060. The molecule has 0 amide bonds. The Morgan fingerprint density at radius 1 is 0.600 bits per heavy atom. The molecule has 0 saturated carbocycles. The summed E-state index contributed by atoms with van der Waals surface area (Å²) >= 11 is 0. The summed E-state index contributed by atoms with van der Waals surface area (Å²) in [6.07, 6.45) is 11.2. The first-order valence-electron chi connectivity index (χ1n) is 12.9. The molecule has 35 heavy (non-hydrogen) atoms. The fourth-order valence-corrected chi connectivity index (χ4v) is 3.80. The lowest BCUT2D eigenvalue weighted by Crippen LogP contribution is -1.97. The van der Waals surface area contributed by atoms with Crippen LogP contribution in [0, 0.1) is 0 Å². The highest BCUT2D eigenvalue weighted by Crippen LogP contribution is 2.30. The van der Waals surface area contributed by atoms with Crippen LogP contribution in [0.25, 0.3) is 33.9 Å². The van der Waals surface area contributed by atoms with Gasteiger partial charge in [0.15, 0.2) is 0 Å². The van der Waals surface area contributed by atoms with Gasteiger partial charge in [0.25, 0.3) is 0 Å². The Hall–Kier alpha value is -3.53. The summed E-state index contributed by atoms with van der Waals surface area (Å²) < 4.78 is 5.96. The normalized spacial score (nSPS) is 10.4. The van der Waals surface area contributed by atoms with E-state index in [1.165, 1.54) is 32.1 Å². The summed E-state index contributed by atoms with van der Waals surface area (Å²) in [6, 6.07) is 24.2. The lowest BCUT2D eigenvalue weighted by atomic mass is 10.0. The molecule has 4 rings (SSSR count). The first kappa shape index (κ1) is 26.1. The Balaban J connectivity index is 0.00000167. The molecule has 0 N–H and O–H groups in total. The molecule has 4 nitrogen and oxygen atoms in total. The van der Waals surface area contributed by atoms with Crippen molar-refractivity contribution in [2.24, 2.45) is 0 Å². The minimum absolute atomic E-state index is 0.772. The van der Waals surface area contributed by atoms with Gasteiger partial charge in [0.05, 0.1) is 29.4 Å². The van der Waals surface area contributed by atoms with Crippen LogP contribution in [0.15, 0.2) is 85.2 Å². The van der Waals surface area contributed by atoms with E-state index >= 15 is 0 Å². The smallest absolute Gasteiger partial charge is 0.119 e. The van der Waals surface area contributed by atoms with E-state index in [1.54, 1.807) is 12.4 Å². The second kappa shape index (κ2) is 14.7. The highest BCUT2D eigenvalue weighted by molar-refractivity contribution is 5.74. The van der Waals surface area contributed by atoms with Crippen molar-refractivity contribution in [3.8, 4) is 39.7 Å². The van der Waals surface area contributed by atoms with Crippen LogP contribution < -0.4 is 4.74 Å².